The Morgan fingerprint density at radius 1 is 1.16 bits per heavy atom. The van der Waals surface area contributed by atoms with E-state index in [0.29, 0.717) is 17.8 Å². The van der Waals surface area contributed by atoms with Gasteiger partial charge in [0.2, 0.25) is 0 Å². The molecule has 0 saturated heterocycles. The van der Waals surface area contributed by atoms with Crippen LogP contribution in [0.1, 0.15) is 49.7 Å². The molecule has 2 aliphatic rings. The number of hydrogen-bond acceptors (Lipinski definition) is 0. The summed E-state index contributed by atoms with van der Waals surface area (Å²) >= 11 is 0. The van der Waals surface area contributed by atoms with E-state index < -0.39 is 5.82 Å². The Balaban J connectivity index is 1.90. The largest absolute Gasteiger partial charge is 0.207 e. The lowest BCUT2D eigenvalue weighted by molar-refractivity contribution is 0.234. The second kappa shape index (κ2) is 5.07. The summed E-state index contributed by atoms with van der Waals surface area (Å²) in [6.45, 7) is 2.06. The minimum absolute atomic E-state index is 0.343. The van der Waals surface area contributed by atoms with E-state index >= 15 is 0 Å². The molecule has 0 heterocycles. The normalized spacial score (nSPS) is 30.2. The van der Waals surface area contributed by atoms with Crippen LogP contribution in [-0.4, -0.2) is 0 Å². The number of benzene rings is 1. The molecule has 1 saturated carbocycles. The molecular formula is C17H20F2. The van der Waals surface area contributed by atoms with E-state index in [2.05, 4.69) is 19.1 Å². The van der Waals surface area contributed by atoms with Gasteiger partial charge in [-0.3, -0.25) is 0 Å². The maximum absolute atomic E-state index is 13.8. The number of allylic oxidation sites excluding steroid dienone is 2. The van der Waals surface area contributed by atoms with Crippen molar-refractivity contribution in [3.63, 3.8) is 0 Å². The zero-order valence-corrected chi connectivity index (χ0v) is 11.3. The van der Waals surface area contributed by atoms with Crippen molar-refractivity contribution in [3.05, 3.63) is 47.0 Å². The van der Waals surface area contributed by atoms with E-state index in [1.807, 2.05) is 0 Å². The maximum atomic E-state index is 13.8. The van der Waals surface area contributed by atoms with Crippen molar-refractivity contribution >= 4 is 0 Å². The highest BCUT2D eigenvalue weighted by Gasteiger charge is 2.35. The molecule has 0 spiro atoms. The summed E-state index contributed by atoms with van der Waals surface area (Å²) in [6, 6.07) is 2.61. The van der Waals surface area contributed by atoms with Gasteiger partial charge in [0.05, 0.1) is 0 Å². The maximum Gasteiger partial charge on any atom is 0.129 e. The fraction of sp³-hybridized carbons (Fsp3) is 0.529. The zero-order valence-electron chi connectivity index (χ0n) is 11.3. The monoisotopic (exact) mass is 262 g/mol. The van der Waals surface area contributed by atoms with Crippen LogP contribution in [0.15, 0.2) is 24.3 Å². The first kappa shape index (κ1) is 12.8. The van der Waals surface area contributed by atoms with Crippen molar-refractivity contribution in [3.8, 4) is 0 Å². The van der Waals surface area contributed by atoms with Gasteiger partial charge in [0.25, 0.3) is 0 Å². The van der Waals surface area contributed by atoms with Crippen molar-refractivity contribution in [2.75, 3.05) is 0 Å². The van der Waals surface area contributed by atoms with Crippen LogP contribution in [0.4, 0.5) is 8.78 Å². The molecule has 19 heavy (non-hydrogen) atoms. The average molecular weight is 262 g/mol. The fourth-order valence-electron chi connectivity index (χ4n) is 4.02. The smallest absolute Gasteiger partial charge is 0.129 e. The zero-order chi connectivity index (χ0) is 13.4. The lowest BCUT2D eigenvalue weighted by Gasteiger charge is -2.40. The standard InChI is InChI=1S/C17H20F2/c1-2-3-11-4-6-14-12(8-11)5-7-15-16(14)9-13(18)10-17(15)19/h2-3,9-12,14H,4-8H2,1H3/b3-2+. The average Bonchev–Trinajstić information content (AvgIpc) is 2.38. The van der Waals surface area contributed by atoms with Gasteiger partial charge in [0.15, 0.2) is 0 Å². The first-order valence-corrected chi connectivity index (χ1v) is 7.29. The predicted octanol–water partition coefficient (Wildman–Crippen LogP) is 4.99. The fourth-order valence-corrected chi connectivity index (χ4v) is 4.02. The summed E-state index contributed by atoms with van der Waals surface area (Å²) in [6.07, 6.45) is 9.61. The van der Waals surface area contributed by atoms with Crippen LogP contribution in [0.2, 0.25) is 0 Å². The molecule has 3 rings (SSSR count). The van der Waals surface area contributed by atoms with Gasteiger partial charge in [-0.05, 0) is 74.0 Å². The molecule has 0 aromatic heterocycles. The summed E-state index contributed by atoms with van der Waals surface area (Å²) in [4.78, 5) is 0. The Kier molecular flexibility index (Phi) is 3.42. The van der Waals surface area contributed by atoms with E-state index in [9.17, 15) is 8.78 Å². The van der Waals surface area contributed by atoms with E-state index in [-0.39, 0.29) is 5.82 Å². The second-order valence-corrected chi connectivity index (χ2v) is 5.96. The molecule has 0 aliphatic heterocycles. The summed E-state index contributed by atoms with van der Waals surface area (Å²) in [7, 11) is 0. The lowest BCUT2D eigenvalue weighted by Crippen LogP contribution is -2.28. The molecule has 2 aliphatic carbocycles. The Hall–Kier alpha value is -1.18. The minimum Gasteiger partial charge on any atom is -0.207 e. The molecule has 1 fully saturated rings. The van der Waals surface area contributed by atoms with Crippen molar-refractivity contribution < 1.29 is 8.78 Å². The van der Waals surface area contributed by atoms with E-state index in [1.54, 1.807) is 6.07 Å². The quantitative estimate of drug-likeness (QED) is 0.626. The first-order chi connectivity index (χ1) is 9.19. The van der Waals surface area contributed by atoms with Crippen molar-refractivity contribution in [2.45, 2.75) is 44.9 Å². The molecule has 0 N–H and O–H groups in total. The molecule has 0 nitrogen and oxygen atoms in total. The van der Waals surface area contributed by atoms with Crippen molar-refractivity contribution in [1.82, 2.24) is 0 Å². The van der Waals surface area contributed by atoms with Crippen molar-refractivity contribution in [1.29, 1.82) is 0 Å². The van der Waals surface area contributed by atoms with E-state index in [1.165, 1.54) is 6.42 Å². The summed E-state index contributed by atoms with van der Waals surface area (Å²) < 4.78 is 27.3. The molecule has 102 valence electrons. The SMILES string of the molecule is C/C=C/C1CCC2c3cc(F)cc(F)c3CCC2C1. The van der Waals surface area contributed by atoms with Crippen LogP contribution in [-0.2, 0) is 6.42 Å². The Labute approximate surface area is 113 Å². The molecule has 1 aromatic carbocycles. The predicted molar refractivity (Wildman–Crippen MR) is 73.1 cm³/mol. The minimum atomic E-state index is -0.424. The Morgan fingerprint density at radius 3 is 2.79 bits per heavy atom. The lowest BCUT2D eigenvalue weighted by atomic mass is 9.65. The van der Waals surface area contributed by atoms with Gasteiger partial charge in [-0.1, -0.05) is 12.2 Å². The third-order valence-corrected chi connectivity index (χ3v) is 4.85. The second-order valence-electron chi connectivity index (χ2n) is 5.96. The van der Waals surface area contributed by atoms with Gasteiger partial charge in [0.1, 0.15) is 11.6 Å². The van der Waals surface area contributed by atoms with Crippen LogP contribution in [0.25, 0.3) is 0 Å². The van der Waals surface area contributed by atoms with Gasteiger partial charge in [0, 0.05) is 6.07 Å². The third kappa shape index (κ3) is 2.33. The third-order valence-electron chi connectivity index (χ3n) is 4.85. The molecule has 0 radical (unpaired) electrons. The van der Waals surface area contributed by atoms with Gasteiger partial charge in [-0.2, -0.15) is 0 Å². The van der Waals surface area contributed by atoms with Gasteiger partial charge in [-0.25, -0.2) is 8.78 Å². The van der Waals surface area contributed by atoms with Crippen molar-refractivity contribution in [2.24, 2.45) is 11.8 Å². The molecule has 0 amide bonds. The van der Waals surface area contributed by atoms with Crippen LogP contribution in [0.3, 0.4) is 0 Å². The summed E-state index contributed by atoms with van der Waals surface area (Å²) in [5.74, 6) is 0.863. The number of rotatable bonds is 1. The molecule has 2 heteroatoms. The highest BCUT2D eigenvalue weighted by molar-refractivity contribution is 5.36. The van der Waals surface area contributed by atoms with Gasteiger partial charge >= 0.3 is 0 Å². The highest BCUT2D eigenvalue weighted by atomic mass is 19.1. The first-order valence-electron chi connectivity index (χ1n) is 7.29. The van der Waals surface area contributed by atoms with Crippen LogP contribution in [0.5, 0.6) is 0 Å². The Morgan fingerprint density at radius 2 is 2.00 bits per heavy atom. The van der Waals surface area contributed by atoms with Crippen LogP contribution < -0.4 is 0 Å². The van der Waals surface area contributed by atoms with Gasteiger partial charge in [-0.15, -0.1) is 0 Å². The summed E-state index contributed by atoms with van der Waals surface area (Å²) in [5, 5.41) is 0. The van der Waals surface area contributed by atoms with E-state index in [0.717, 1.165) is 42.9 Å². The number of hydrogen-bond donors (Lipinski definition) is 0. The molecule has 3 unspecified atom stereocenters. The topological polar surface area (TPSA) is 0 Å². The molecule has 1 aromatic rings. The number of fused-ring (bicyclic) bond motifs is 3. The highest BCUT2D eigenvalue weighted by Crippen LogP contribution is 2.47. The van der Waals surface area contributed by atoms with E-state index in [4.69, 9.17) is 0 Å². The Bertz CT molecular complexity index is 504. The molecular weight excluding hydrogens is 242 g/mol. The molecule has 3 atom stereocenters. The molecule has 0 bridgehead atoms. The van der Waals surface area contributed by atoms with Crippen LogP contribution >= 0.6 is 0 Å². The number of halogens is 2. The van der Waals surface area contributed by atoms with Gasteiger partial charge < -0.3 is 0 Å². The van der Waals surface area contributed by atoms with Crippen LogP contribution in [0, 0.1) is 23.5 Å². The summed E-state index contributed by atoms with van der Waals surface area (Å²) in [5.41, 5.74) is 1.72.